The third-order valence-electron chi connectivity index (χ3n) is 4.60. The van der Waals surface area contributed by atoms with E-state index < -0.39 is 0 Å². The zero-order chi connectivity index (χ0) is 20.2. The third-order valence-corrected chi connectivity index (χ3v) is 5.91. The Morgan fingerprint density at radius 3 is 2.69 bits per heavy atom. The molecule has 1 amide bonds. The Morgan fingerprint density at radius 1 is 1.07 bits per heavy atom. The number of anilines is 1. The van der Waals surface area contributed by atoms with Crippen molar-refractivity contribution < 1.29 is 9.53 Å². The number of para-hydroxylation sites is 3. The van der Waals surface area contributed by atoms with Gasteiger partial charge in [0.1, 0.15) is 5.75 Å². The average molecular weight is 407 g/mol. The summed E-state index contributed by atoms with van der Waals surface area (Å²) in [6, 6.07) is 19.5. The number of pyridine rings is 1. The molecule has 1 N–H and O–H groups in total. The number of carbonyl (C=O) groups is 1. The van der Waals surface area contributed by atoms with Crippen molar-refractivity contribution in [3.8, 4) is 5.75 Å². The van der Waals surface area contributed by atoms with Crippen molar-refractivity contribution in [3.05, 3.63) is 60.7 Å². The number of aromatic nitrogens is 3. The molecule has 1 atom stereocenters. The standard InChI is InChI=1S/C22H22N4O2S/c1-3-19(21(27)23-16-10-6-8-12-18(16)28-4-2)29-22-25-24-20-14-13-15-9-5-7-11-17(15)26(20)22/h5-14,19H,3-4H2,1-2H3,(H,23,27). The maximum absolute atomic E-state index is 13.0. The molecule has 0 saturated carbocycles. The number of benzene rings is 2. The smallest absolute Gasteiger partial charge is 0.238 e. The Hall–Kier alpha value is -3.06. The lowest BCUT2D eigenvalue weighted by Crippen LogP contribution is -2.25. The van der Waals surface area contributed by atoms with Crippen LogP contribution in [0.2, 0.25) is 0 Å². The van der Waals surface area contributed by atoms with Crippen LogP contribution in [0.1, 0.15) is 20.3 Å². The number of nitrogens with one attached hydrogen (secondary N) is 1. The Bertz CT molecular complexity index is 1160. The monoisotopic (exact) mass is 406 g/mol. The summed E-state index contributed by atoms with van der Waals surface area (Å²) >= 11 is 1.42. The molecular formula is C22H22N4O2S. The van der Waals surface area contributed by atoms with Gasteiger partial charge in [-0.05, 0) is 49.1 Å². The van der Waals surface area contributed by atoms with E-state index in [2.05, 4.69) is 21.6 Å². The number of ether oxygens (including phenoxy) is 1. The summed E-state index contributed by atoms with van der Waals surface area (Å²) in [5, 5.41) is 13.1. The minimum atomic E-state index is -0.309. The summed E-state index contributed by atoms with van der Waals surface area (Å²) < 4.78 is 7.62. The number of fused-ring (bicyclic) bond motifs is 3. The second-order valence-electron chi connectivity index (χ2n) is 6.50. The van der Waals surface area contributed by atoms with E-state index in [-0.39, 0.29) is 11.2 Å². The Balaban J connectivity index is 1.61. The van der Waals surface area contributed by atoms with Crippen LogP contribution in [0.3, 0.4) is 0 Å². The highest BCUT2D eigenvalue weighted by Gasteiger charge is 2.22. The topological polar surface area (TPSA) is 68.5 Å². The van der Waals surface area contributed by atoms with E-state index in [1.807, 2.05) is 72.8 Å². The quantitative estimate of drug-likeness (QED) is 0.447. The fraction of sp³-hybridized carbons (Fsp3) is 0.227. The van der Waals surface area contributed by atoms with Gasteiger partial charge in [-0.25, -0.2) is 0 Å². The molecule has 0 fully saturated rings. The highest BCUT2D eigenvalue weighted by Crippen LogP contribution is 2.30. The van der Waals surface area contributed by atoms with E-state index >= 15 is 0 Å². The van der Waals surface area contributed by atoms with E-state index in [1.165, 1.54) is 11.8 Å². The number of amides is 1. The summed E-state index contributed by atoms with van der Waals surface area (Å²) in [6.07, 6.45) is 0.660. The molecule has 0 aliphatic heterocycles. The van der Waals surface area contributed by atoms with Crippen LogP contribution >= 0.6 is 11.8 Å². The first-order chi connectivity index (χ1) is 14.2. The van der Waals surface area contributed by atoms with E-state index in [0.717, 1.165) is 16.6 Å². The zero-order valence-electron chi connectivity index (χ0n) is 16.3. The minimum Gasteiger partial charge on any atom is -0.492 e. The first-order valence-electron chi connectivity index (χ1n) is 9.63. The van der Waals surface area contributed by atoms with Gasteiger partial charge in [-0.3, -0.25) is 9.20 Å². The highest BCUT2D eigenvalue weighted by molar-refractivity contribution is 8.00. The minimum absolute atomic E-state index is 0.0818. The number of carbonyl (C=O) groups excluding carboxylic acids is 1. The van der Waals surface area contributed by atoms with Crippen LogP contribution in [0.15, 0.2) is 65.8 Å². The highest BCUT2D eigenvalue weighted by atomic mass is 32.2. The Labute approximate surface area is 173 Å². The second-order valence-corrected chi connectivity index (χ2v) is 7.67. The van der Waals surface area contributed by atoms with Gasteiger partial charge in [0.2, 0.25) is 5.91 Å². The molecule has 2 heterocycles. The Morgan fingerprint density at radius 2 is 1.86 bits per heavy atom. The summed E-state index contributed by atoms with van der Waals surface area (Å²) in [4.78, 5) is 13.0. The number of rotatable bonds is 7. The lowest BCUT2D eigenvalue weighted by atomic mass is 10.2. The van der Waals surface area contributed by atoms with Crippen LogP contribution in [0.25, 0.3) is 16.6 Å². The van der Waals surface area contributed by atoms with Crippen molar-refractivity contribution in [2.45, 2.75) is 30.7 Å². The molecule has 0 radical (unpaired) electrons. The van der Waals surface area contributed by atoms with Gasteiger partial charge in [-0.15, -0.1) is 10.2 Å². The van der Waals surface area contributed by atoms with E-state index in [9.17, 15) is 4.79 Å². The van der Waals surface area contributed by atoms with Gasteiger partial charge >= 0.3 is 0 Å². The lowest BCUT2D eigenvalue weighted by molar-refractivity contribution is -0.115. The molecule has 2 aromatic heterocycles. The van der Waals surface area contributed by atoms with Crippen molar-refractivity contribution in [1.82, 2.24) is 14.6 Å². The van der Waals surface area contributed by atoms with Crippen molar-refractivity contribution in [3.63, 3.8) is 0 Å². The SMILES string of the molecule is CCOc1ccccc1NC(=O)C(CC)Sc1nnc2ccc3ccccc3n12. The van der Waals surface area contributed by atoms with Gasteiger partial charge in [0.15, 0.2) is 10.8 Å². The number of hydrogen-bond acceptors (Lipinski definition) is 5. The van der Waals surface area contributed by atoms with Crippen LogP contribution in [0.4, 0.5) is 5.69 Å². The summed E-state index contributed by atoms with van der Waals surface area (Å²) in [5.41, 5.74) is 2.47. The van der Waals surface area contributed by atoms with Gasteiger partial charge in [0.05, 0.1) is 23.1 Å². The molecule has 1 unspecified atom stereocenters. The molecule has 6 nitrogen and oxygen atoms in total. The predicted molar refractivity (Wildman–Crippen MR) is 117 cm³/mol. The predicted octanol–water partition coefficient (Wildman–Crippen LogP) is 4.79. The molecule has 4 rings (SSSR count). The van der Waals surface area contributed by atoms with Gasteiger partial charge in [0, 0.05) is 0 Å². The van der Waals surface area contributed by atoms with Gasteiger partial charge in [-0.1, -0.05) is 49.0 Å². The fourth-order valence-electron chi connectivity index (χ4n) is 3.20. The van der Waals surface area contributed by atoms with E-state index in [0.29, 0.717) is 29.6 Å². The lowest BCUT2D eigenvalue weighted by Gasteiger charge is -2.16. The van der Waals surface area contributed by atoms with Crippen molar-refractivity contribution in [2.24, 2.45) is 0 Å². The largest absolute Gasteiger partial charge is 0.492 e. The second kappa shape index (κ2) is 8.53. The van der Waals surface area contributed by atoms with Gasteiger partial charge in [-0.2, -0.15) is 0 Å². The summed E-state index contributed by atoms with van der Waals surface area (Å²) in [6.45, 7) is 4.45. The first kappa shape index (κ1) is 19.3. The van der Waals surface area contributed by atoms with Crippen LogP contribution in [0.5, 0.6) is 5.75 Å². The van der Waals surface area contributed by atoms with E-state index in [4.69, 9.17) is 4.74 Å². The molecule has 29 heavy (non-hydrogen) atoms. The van der Waals surface area contributed by atoms with Crippen molar-refractivity contribution >= 4 is 39.9 Å². The molecule has 0 bridgehead atoms. The van der Waals surface area contributed by atoms with Crippen LogP contribution in [-0.2, 0) is 4.79 Å². The Kier molecular flexibility index (Phi) is 5.67. The maximum Gasteiger partial charge on any atom is 0.238 e. The van der Waals surface area contributed by atoms with Crippen LogP contribution in [-0.4, -0.2) is 32.4 Å². The molecule has 2 aromatic carbocycles. The van der Waals surface area contributed by atoms with Gasteiger partial charge in [0.25, 0.3) is 0 Å². The summed E-state index contributed by atoms with van der Waals surface area (Å²) in [5.74, 6) is 0.587. The molecule has 4 aromatic rings. The molecule has 0 aliphatic rings. The summed E-state index contributed by atoms with van der Waals surface area (Å²) in [7, 11) is 0. The maximum atomic E-state index is 13.0. The third kappa shape index (κ3) is 3.91. The number of nitrogens with zero attached hydrogens (tertiary/aromatic N) is 3. The van der Waals surface area contributed by atoms with Crippen LogP contribution in [0, 0.1) is 0 Å². The van der Waals surface area contributed by atoms with Crippen molar-refractivity contribution in [1.29, 1.82) is 0 Å². The molecular weight excluding hydrogens is 384 g/mol. The van der Waals surface area contributed by atoms with E-state index in [1.54, 1.807) is 0 Å². The van der Waals surface area contributed by atoms with Crippen LogP contribution < -0.4 is 10.1 Å². The average Bonchev–Trinajstić information content (AvgIpc) is 3.17. The molecule has 0 saturated heterocycles. The molecule has 0 spiro atoms. The molecule has 0 aliphatic carbocycles. The molecule has 148 valence electrons. The van der Waals surface area contributed by atoms with Crippen molar-refractivity contribution in [2.75, 3.05) is 11.9 Å². The normalized spacial score (nSPS) is 12.2. The first-order valence-corrected chi connectivity index (χ1v) is 10.5. The zero-order valence-corrected chi connectivity index (χ0v) is 17.1. The molecule has 7 heteroatoms. The number of thioether (sulfide) groups is 1. The number of hydrogen-bond donors (Lipinski definition) is 1. The fourth-order valence-corrected chi connectivity index (χ4v) is 4.17. The van der Waals surface area contributed by atoms with Gasteiger partial charge < -0.3 is 10.1 Å².